The first-order valence-corrected chi connectivity index (χ1v) is 7.65. The third-order valence-corrected chi connectivity index (χ3v) is 4.09. The third-order valence-electron chi connectivity index (χ3n) is 2.89. The van der Waals surface area contributed by atoms with E-state index in [1.165, 1.54) is 0 Å². The maximum absolute atomic E-state index is 11.8. The highest BCUT2D eigenvalue weighted by atomic mass is 32.1. The largest absolute Gasteiger partial charge is 0.337 e. The van der Waals surface area contributed by atoms with E-state index in [2.05, 4.69) is 25.6 Å². The number of nitrogens with one attached hydrogen (secondary N) is 2. The summed E-state index contributed by atoms with van der Waals surface area (Å²) in [6, 6.07) is 1.58. The molecule has 7 heteroatoms. The molecule has 0 bridgehead atoms. The van der Waals surface area contributed by atoms with Gasteiger partial charge < -0.3 is 10.6 Å². The molecule has 6 nitrogen and oxygen atoms in total. The average Bonchev–Trinajstić information content (AvgIpc) is 2.89. The van der Waals surface area contributed by atoms with Gasteiger partial charge in [0.1, 0.15) is 5.82 Å². The summed E-state index contributed by atoms with van der Waals surface area (Å²) < 4.78 is 0. The lowest BCUT2D eigenvalue weighted by atomic mass is 10.2. The van der Waals surface area contributed by atoms with Gasteiger partial charge in [0, 0.05) is 29.7 Å². The van der Waals surface area contributed by atoms with E-state index >= 15 is 0 Å². The molecule has 0 unspecified atom stereocenters. The van der Waals surface area contributed by atoms with Crippen LogP contribution in [0.4, 0.5) is 4.79 Å². The Balaban J connectivity index is 1.75. The van der Waals surface area contributed by atoms with Gasteiger partial charge in [0.05, 0.1) is 17.2 Å². The van der Waals surface area contributed by atoms with Crippen molar-refractivity contribution < 1.29 is 4.79 Å². The van der Waals surface area contributed by atoms with Gasteiger partial charge in [-0.05, 0) is 19.9 Å². The monoisotopic (exact) mass is 305 g/mol. The lowest BCUT2D eigenvalue weighted by molar-refractivity contribution is 0.240. The number of nitrogens with zero attached hydrogens (tertiary/aromatic N) is 3. The molecule has 0 fully saturated rings. The number of aromatic nitrogens is 3. The van der Waals surface area contributed by atoms with E-state index in [9.17, 15) is 4.79 Å². The number of hydrogen-bond donors (Lipinski definition) is 2. The smallest absolute Gasteiger partial charge is 0.315 e. The first-order chi connectivity index (χ1) is 10.0. The standard InChI is InChI=1S/C14H19N5OS/c1-9(13-18-10(2)8-21-13)6-16-14(20)17-7-12-4-5-15-11(3)19-12/h4-5,8-9H,6-7H2,1-3H3,(H2,16,17,20)/t9-/m1/s1. The Labute approximate surface area is 128 Å². The number of amides is 2. The molecule has 2 amide bonds. The summed E-state index contributed by atoms with van der Waals surface area (Å²) in [6.45, 7) is 6.78. The van der Waals surface area contributed by atoms with Gasteiger partial charge >= 0.3 is 6.03 Å². The van der Waals surface area contributed by atoms with Crippen molar-refractivity contribution in [2.75, 3.05) is 6.54 Å². The zero-order valence-corrected chi connectivity index (χ0v) is 13.2. The molecule has 0 radical (unpaired) electrons. The first-order valence-electron chi connectivity index (χ1n) is 6.77. The zero-order chi connectivity index (χ0) is 15.2. The predicted octanol–water partition coefficient (Wildman–Crippen LogP) is 2.15. The van der Waals surface area contributed by atoms with Crippen molar-refractivity contribution in [2.24, 2.45) is 0 Å². The summed E-state index contributed by atoms with van der Waals surface area (Å²) >= 11 is 1.62. The Kier molecular flexibility index (Phi) is 5.21. The van der Waals surface area contributed by atoms with Crippen LogP contribution in [-0.2, 0) is 6.54 Å². The quantitative estimate of drug-likeness (QED) is 0.887. The molecule has 2 N–H and O–H groups in total. The molecule has 0 aliphatic heterocycles. The van der Waals surface area contributed by atoms with Gasteiger partial charge in [0.2, 0.25) is 0 Å². The molecule has 112 valence electrons. The van der Waals surface area contributed by atoms with Gasteiger partial charge in [-0.1, -0.05) is 6.92 Å². The number of carbonyl (C=O) groups is 1. The molecule has 0 spiro atoms. The number of thiazole rings is 1. The van der Waals surface area contributed by atoms with Crippen LogP contribution in [0.1, 0.15) is 35.1 Å². The van der Waals surface area contributed by atoms with E-state index in [4.69, 9.17) is 0 Å². The van der Waals surface area contributed by atoms with Crippen LogP contribution in [0.25, 0.3) is 0 Å². The second-order valence-corrected chi connectivity index (χ2v) is 5.78. The maximum atomic E-state index is 11.8. The maximum Gasteiger partial charge on any atom is 0.315 e. The summed E-state index contributed by atoms with van der Waals surface area (Å²) in [5.74, 6) is 0.901. The molecule has 21 heavy (non-hydrogen) atoms. The highest BCUT2D eigenvalue weighted by Gasteiger charge is 2.11. The number of aryl methyl sites for hydroxylation is 2. The Morgan fingerprint density at radius 1 is 1.33 bits per heavy atom. The average molecular weight is 305 g/mol. The van der Waals surface area contributed by atoms with E-state index in [0.29, 0.717) is 18.9 Å². The van der Waals surface area contributed by atoms with Crippen molar-refractivity contribution in [1.29, 1.82) is 0 Å². The van der Waals surface area contributed by atoms with Crippen LogP contribution >= 0.6 is 11.3 Å². The fourth-order valence-electron chi connectivity index (χ4n) is 1.77. The van der Waals surface area contributed by atoms with Crippen molar-refractivity contribution in [3.63, 3.8) is 0 Å². The van der Waals surface area contributed by atoms with E-state index < -0.39 is 0 Å². The minimum absolute atomic E-state index is 0.202. The first kappa shape index (κ1) is 15.4. The Bertz CT molecular complexity index is 613. The molecule has 2 heterocycles. The third kappa shape index (κ3) is 4.78. The number of carbonyl (C=O) groups excluding carboxylic acids is 1. The fourth-order valence-corrected chi connectivity index (χ4v) is 2.62. The van der Waals surface area contributed by atoms with E-state index in [-0.39, 0.29) is 11.9 Å². The Morgan fingerprint density at radius 3 is 2.81 bits per heavy atom. The Hall–Kier alpha value is -2.02. The minimum Gasteiger partial charge on any atom is -0.337 e. The Morgan fingerprint density at radius 2 is 2.14 bits per heavy atom. The molecule has 0 aliphatic carbocycles. The highest BCUT2D eigenvalue weighted by molar-refractivity contribution is 7.09. The van der Waals surface area contributed by atoms with Crippen LogP contribution in [0.3, 0.4) is 0 Å². The number of rotatable bonds is 5. The summed E-state index contributed by atoms with van der Waals surface area (Å²) in [4.78, 5) is 24.4. The topological polar surface area (TPSA) is 79.8 Å². The summed E-state index contributed by atoms with van der Waals surface area (Å²) in [7, 11) is 0. The van der Waals surface area contributed by atoms with Crippen LogP contribution in [0.15, 0.2) is 17.6 Å². The molecular formula is C14H19N5OS. The van der Waals surface area contributed by atoms with Crippen LogP contribution in [0.5, 0.6) is 0 Å². The van der Waals surface area contributed by atoms with Crippen LogP contribution in [0.2, 0.25) is 0 Å². The van der Waals surface area contributed by atoms with E-state index in [0.717, 1.165) is 16.4 Å². The van der Waals surface area contributed by atoms with E-state index in [1.54, 1.807) is 23.6 Å². The van der Waals surface area contributed by atoms with Crippen molar-refractivity contribution in [2.45, 2.75) is 33.2 Å². The molecule has 2 aromatic heterocycles. The minimum atomic E-state index is -0.202. The SMILES string of the molecule is Cc1csc([C@H](C)CNC(=O)NCc2ccnc(C)n2)n1. The van der Waals surface area contributed by atoms with E-state index in [1.807, 2.05) is 26.2 Å². The van der Waals surface area contributed by atoms with Crippen LogP contribution in [-0.4, -0.2) is 27.5 Å². The lowest BCUT2D eigenvalue weighted by Crippen LogP contribution is -2.37. The summed E-state index contributed by atoms with van der Waals surface area (Å²) in [5.41, 5.74) is 1.81. The molecule has 1 atom stereocenters. The van der Waals surface area contributed by atoms with Gasteiger partial charge in [-0.15, -0.1) is 11.3 Å². The molecular weight excluding hydrogens is 286 g/mol. The van der Waals surface area contributed by atoms with Gasteiger partial charge in [0.15, 0.2) is 0 Å². The number of hydrogen-bond acceptors (Lipinski definition) is 5. The number of urea groups is 1. The second-order valence-electron chi connectivity index (χ2n) is 4.89. The molecule has 2 aromatic rings. The van der Waals surface area contributed by atoms with Crippen LogP contribution < -0.4 is 10.6 Å². The van der Waals surface area contributed by atoms with Gasteiger partial charge in [-0.2, -0.15) is 0 Å². The van der Waals surface area contributed by atoms with Crippen molar-refractivity contribution in [3.8, 4) is 0 Å². The summed E-state index contributed by atoms with van der Waals surface area (Å²) in [5, 5.41) is 8.69. The predicted molar refractivity (Wildman–Crippen MR) is 82.3 cm³/mol. The lowest BCUT2D eigenvalue weighted by Gasteiger charge is -2.11. The molecule has 0 aromatic carbocycles. The molecule has 0 aliphatic rings. The van der Waals surface area contributed by atoms with Crippen molar-refractivity contribution in [3.05, 3.63) is 39.9 Å². The van der Waals surface area contributed by atoms with Crippen molar-refractivity contribution >= 4 is 17.4 Å². The van der Waals surface area contributed by atoms with Gasteiger partial charge in [0.25, 0.3) is 0 Å². The van der Waals surface area contributed by atoms with Crippen LogP contribution in [0, 0.1) is 13.8 Å². The van der Waals surface area contributed by atoms with Gasteiger partial charge in [-0.3, -0.25) is 0 Å². The molecule has 0 saturated heterocycles. The highest BCUT2D eigenvalue weighted by Crippen LogP contribution is 2.18. The molecule has 0 saturated carbocycles. The van der Waals surface area contributed by atoms with Gasteiger partial charge in [-0.25, -0.2) is 19.7 Å². The van der Waals surface area contributed by atoms with Crippen molar-refractivity contribution in [1.82, 2.24) is 25.6 Å². The fraction of sp³-hybridized carbons (Fsp3) is 0.429. The molecule has 2 rings (SSSR count). The second kappa shape index (κ2) is 7.12. The normalized spacial score (nSPS) is 12.0. The summed E-state index contributed by atoms with van der Waals surface area (Å²) in [6.07, 6.45) is 1.68. The zero-order valence-electron chi connectivity index (χ0n) is 12.4.